The van der Waals surface area contributed by atoms with Crippen LogP contribution in [-0.2, 0) is 6.42 Å². The summed E-state index contributed by atoms with van der Waals surface area (Å²) in [6.07, 6.45) is 2.80. The lowest BCUT2D eigenvalue weighted by atomic mass is 10.1. The van der Waals surface area contributed by atoms with Gasteiger partial charge in [0, 0.05) is 29.7 Å². The van der Waals surface area contributed by atoms with Crippen LogP contribution in [-0.4, -0.2) is 33.4 Å². The number of aromatic nitrogens is 2. The lowest BCUT2D eigenvalue weighted by Crippen LogP contribution is -2.22. The summed E-state index contributed by atoms with van der Waals surface area (Å²) in [5, 5.41) is 4.47. The fourth-order valence-corrected chi connectivity index (χ4v) is 4.40. The molecule has 17 heavy (non-hydrogen) atoms. The number of hydrogen-bond donors (Lipinski definition) is 1. The molecule has 0 amide bonds. The normalized spacial score (nSPS) is 22.6. The topological polar surface area (TPSA) is 64.9 Å². The van der Waals surface area contributed by atoms with Crippen molar-refractivity contribution >= 4 is 23.5 Å². The van der Waals surface area contributed by atoms with Crippen molar-refractivity contribution in [2.75, 3.05) is 17.3 Å². The van der Waals surface area contributed by atoms with Gasteiger partial charge in [-0.1, -0.05) is 18.5 Å². The van der Waals surface area contributed by atoms with E-state index in [2.05, 4.69) is 17.1 Å². The average molecular weight is 273 g/mol. The maximum absolute atomic E-state index is 5.97. The Morgan fingerprint density at radius 1 is 1.53 bits per heavy atom. The minimum Gasteiger partial charge on any atom is -0.339 e. The molecule has 1 aromatic heterocycles. The smallest absolute Gasteiger partial charge is 0.228 e. The van der Waals surface area contributed by atoms with Gasteiger partial charge in [-0.25, -0.2) is 0 Å². The van der Waals surface area contributed by atoms with Gasteiger partial charge in [0.1, 0.15) is 0 Å². The molecule has 0 bridgehead atoms. The highest BCUT2D eigenvalue weighted by Gasteiger charge is 2.22. The maximum atomic E-state index is 5.97. The van der Waals surface area contributed by atoms with Gasteiger partial charge in [-0.2, -0.15) is 16.7 Å². The van der Waals surface area contributed by atoms with Gasteiger partial charge in [0.05, 0.1) is 5.25 Å². The van der Waals surface area contributed by atoms with Gasteiger partial charge in [0.2, 0.25) is 5.89 Å². The Labute approximate surface area is 110 Å². The first-order chi connectivity index (χ1) is 8.29. The molecule has 6 heteroatoms. The number of nitrogens with two attached hydrogens (primary N) is 1. The summed E-state index contributed by atoms with van der Waals surface area (Å²) >= 11 is 3.88. The zero-order chi connectivity index (χ0) is 12.1. The second-order valence-electron chi connectivity index (χ2n) is 4.23. The fraction of sp³-hybridized carbons (Fsp3) is 0.818. The molecule has 4 nitrogen and oxygen atoms in total. The van der Waals surface area contributed by atoms with Crippen LogP contribution in [0.5, 0.6) is 0 Å². The molecule has 2 atom stereocenters. The van der Waals surface area contributed by atoms with E-state index in [0.29, 0.717) is 17.6 Å². The van der Waals surface area contributed by atoms with Gasteiger partial charge in [-0.3, -0.25) is 0 Å². The molecule has 1 aliphatic rings. The first kappa shape index (κ1) is 13.2. The highest BCUT2D eigenvalue weighted by Crippen LogP contribution is 2.35. The number of hydrogen-bond acceptors (Lipinski definition) is 6. The van der Waals surface area contributed by atoms with E-state index in [1.54, 1.807) is 0 Å². The van der Waals surface area contributed by atoms with Gasteiger partial charge in [0.25, 0.3) is 0 Å². The largest absolute Gasteiger partial charge is 0.339 e. The monoisotopic (exact) mass is 273 g/mol. The number of nitrogens with zero attached hydrogens (tertiary/aromatic N) is 2. The van der Waals surface area contributed by atoms with Crippen molar-refractivity contribution in [1.82, 2.24) is 10.1 Å². The highest BCUT2D eigenvalue weighted by molar-refractivity contribution is 8.06. The van der Waals surface area contributed by atoms with Crippen molar-refractivity contribution in [2.45, 2.75) is 37.5 Å². The Hall–Kier alpha value is -0.200. The molecule has 1 aromatic rings. The molecular weight excluding hydrogens is 254 g/mol. The summed E-state index contributed by atoms with van der Waals surface area (Å²) in [4.78, 5) is 4.46. The van der Waals surface area contributed by atoms with Gasteiger partial charge >= 0.3 is 0 Å². The molecule has 2 N–H and O–H groups in total. The quantitative estimate of drug-likeness (QED) is 0.887. The fourth-order valence-electron chi connectivity index (χ4n) is 1.82. The van der Waals surface area contributed by atoms with E-state index in [-0.39, 0.29) is 6.04 Å². The van der Waals surface area contributed by atoms with Crippen LogP contribution >= 0.6 is 23.5 Å². The van der Waals surface area contributed by atoms with E-state index in [0.717, 1.165) is 24.4 Å². The molecule has 2 heterocycles. The second kappa shape index (κ2) is 6.66. The third-order valence-corrected chi connectivity index (χ3v) is 5.43. The Morgan fingerprint density at radius 2 is 2.41 bits per heavy atom. The zero-order valence-corrected chi connectivity index (χ0v) is 11.7. The highest BCUT2D eigenvalue weighted by atomic mass is 32.2. The van der Waals surface area contributed by atoms with Gasteiger partial charge in [-0.15, -0.1) is 11.8 Å². The van der Waals surface area contributed by atoms with Crippen LogP contribution in [0.15, 0.2) is 4.52 Å². The van der Waals surface area contributed by atoms with Crippen molar-refractivity contribution in [2.24, 2.45) is 5.73 Å². The lowest BCUT2D eigenvalue weighted by Gasteiger charge is -2.17. The van der Waals surface area contributed by atoms with Crippen LogP contribution < -0.4 is 5.73 Å². The van der Waals surface area contributed by atoms with E-state index >= 15 is 0 Å². The molecular formula is C11H19N3OS2. The second-order valence-corrected chi connectivity index (χ2v) is 6.69. The predicted octanol–water partition coefficient (Wildman–Crippen LogP) is 2.26. The van der Waals surface area contributed by atoms with E-state index in [1.807, 2.05) is 23.5 Å². The summed E-state index contributed by atoms with van der Waals surface area (Å²) < 4.78 is 5.27. The van der Waals surface area contributed by atoms with E-state index in [4.69, 9.17) is 10.3 Å². The minimum atomic E-state index is 0.140. The van der Waals surface area contributed by atoms with Crippen molar-refractivity contribution in [3.05, 3.63) is 11.7 Å². The molecule has 0 saturated carbocycles. The molecule has 96 valence electrons. The lowest BCUT2D eigenvalue weighted by molar-refractivity contribution is 0.361. The first-order valence-electron chi connectivity index (χ1n) is 6.07. The summed E-state index contributed by atoms with van der Waals surface area (Å²) in [5.41, 5.74) is 5.97. The van der Waals surface area contributed by atoms with Crippen LogP contribution in [0, 0.1) is 0 Å². The van der Waals surface area contributed by atoms with Crippen molar-refractivity contribution < 1.29 is 4.52 Å². The molecule has 1 saturated heterocycles. The first-order valence-corrected chi connectivity index (χ1v) is 8.27. The van der Waals surface area contributed by atoms with Crippen LogP contribution in [0.25, 0.3) is 0 Å². The van der Waals surface area contributed by atoms with Crippen LogP contribution in [0.1, 0.15) is 36.7 Å². The molecule has 0 aromatic carbocycles. The van der Waals surface area contributed by atoms with Gasteiger partial charge in [-0.05, 0) is 6.42 Å². The molecule has 1 fully saturated rings. The standard InChI is InChI=1S/C11H19N3OS2/c1-2-3-8(12)6-10-13-11(14-15-10)9-7-16-4-5-17-9/h8-9H,2-7,12H2,1H3. The SMILES string of the molecule is CCCC(N)Cc1nc(C2CSCCS2)no1. The molecule has 0 spiro atoms. The number of rotatable bonds is 5. The zero-order valence-electron chi connectivity index (χ0n) is 10.1. The number of thioether (sulfide) groups is 2. The van der Waals surface area contributed by atoms with E-state index in [9.17, 15) is 0 Å². The van der Waals surface area contributed by atoms with Gasteiger partial charge in [0.15, 0.2) is 5.82 Å². The third-order valence-electron chi connectivity index (χ3n) is 2.68. The Balaban J connectivity index is 1.90. The molecule has 0 aliphatic carbocycles. The van der Waals surface area contributed by atoms with Crippen LogP contribution in [0.2, 0.25) is 0 Å². The van der Waals surface area contributed by atoms with E-state index in [1.165, 1.54) is 11.5 Å². The Bertz CT molecular complexity index is 339. The van der Waals surface area contributed by atoms with E-state index < -0.39 is 0 Å². The summed E-state index contributed by atoms with van der Waals surface area (Å²) in [6.45, 7) is 2.13. The molecule has 2 unspecified atom stereocenters. The van der Waals surface area contributed by atoms with Crippen LogP contribution in [0.3, 0.4) is 0 Å². The van der Waals surface area contributed by atoms with Crippen molar-refractivity contribution in [3.63, 3.8) is 0 Å². The Kier molecular flexibility index (Phi) is 5.18. The maximum Gasteiger partial charge on any atom is 0.228 e. The summed E-state index contributed by atoms with van der Waals surface area (Å²) in [7, 11) is 0. The summed E-state index contributed by atoms with van der Waals surface area (Å²) in [5.74, 6) is 5.03. The predicted molar refractivity (Wildman–Crippen MR) is 73.4 cm³/mol. The van der Waals surface area contributed by atoms with Crippen molar-refractivity contribution in [1.29, 1.82) is 0 Å². The average Bonchev–Trinajstić information content (AvgIpc) is 2.79. The third kappa shape index (κ3) is 3.89. The van der Waals surface area contributed by atoms with Crippen molar-refractivity contribution in [3.8, 4) is 0 Å². The van der Waals surface area contributed by atoms with Gasteiger partial charge < -0.3 is 10.3 Å². The van der Waals surface area contributed by atoms with Crippen LogP contribution in [0.4, 0.5) is 0 Å². The summed E-state index contributed by atoms with van der Waals surface area (Å²) in [6, 6.07) is 0.140. The molecule has 0 radical (unpaired) electrons. The molecule has 1 aliphatic heterocycles. The minimum absolute atomic E-state index is 0.140. The Morgan fingerprint density at radius 3 is 3.12 bits per heavy atom. The molecule has 2 rings (SSSR count).